The van der Waals surface area contributed by atoms with E-state index in [1.54, 1.807) is 0 Å². The lowest BCUT2D eigenvalue weighted by Crippen LogP contribution is -2.34. The quantitative estimate of drug-likeness (QED) is 0.384. The van der Waals surface area contributed by atoms with E-state index < -0.39 is 5.97 Å². The van der Waals surface area contributed by atoms with E-state index in [1.165, 1.54) is 0 Å². The van der Waals surface area contributed by atoms with Crippen molar-refractivity contribution in [1.29, 1.82) is 0 Å². The summed E-state index contributed by atoms with van der Waals surface area (Å²) in [5, 5.41) is 13.2. The zero-order chi connectivity index (χ0) is 11.7. The lowest BCUT2D eigenvalue weighted by atomic mass is 10.3. The Morgan fingerprint density at radius 1 is 1.13 bits per heavy atom. The second-order valence-corrected chi connectivity index (χ2v) is 2.74. The third-order valence-electron chi connectivity index (χ3n) is 1.50. The highest BCUT2D eigenvalue weighted by Gasteiger charge is 2.04. The first-order valence-electron chi connectivity index (χ1n) is 4.45. The summed E-state index contributed by atoms with van der Waals surface area (Å²) in [7, 11) is 0. The molecule has 0 heterocycles. The Kier molecular flexibility index (Phi) is 6.61. The molecule has 0 aliphatic heterocycles. The second-order valence-electron chi connectivity index (χ2n) is 2.74. The molecule has 6 heteroatoms. The number of rotatable bonds is 7. The fourth-order valence-corrected chi connectivity index (χ4v) is 0.769. The number of nitrogens with one attached hydrogen (secondary N) is 2. The van der Waals surface area contributed by atoms with Crippen molar-refractivity contribution in [1.82, 2.24) is 10.6 Å². The molecule has 84 valence electrons. The van der Waals surface area contributed by atoms with Crippen LogP contribution in [0.15, 0.2) is 12.7 Å². The molecule has 0 saturated heterocycles. The van der Waals surface area contributed by atoms with Gasteiger partial charge in [0.1, 0.15) is 0 Å². The summed E-state index contributed by atoms with van der Waals surface area (Å²) in [5.41, 5.74) is 0. The molecule has 0 unspecified atom stereocenters. The molecule has 0 radical (unpaired) electrons. The minimum absolute atomic E-state index is 0.0509. The summed E-state index contributed by atoms with van der Waals surface area (Å²) < 4.78 is 0. The van der Waals surface area contributed by atoms with E-state index in [2.05, 4.69) is 17.2 Å². The van der Waals surface area contributed by atoms with Crippen molar-refractivity contribution < 1.29 is 19.5 Å². The maximum atomic E-state index is 11.0. The van der Waals surface area contributed by atoms with Crippen LogP contribution in [-0.4, -0.2) is 36.0 Å². The Morgan fingerprint density at radius 2 is 1.73 bits per heavy atom. The van der Waals surface area contributed by atoms with Gasteiger partial charge in [0, 0.05) is 19.5 Å². The number of carboxylic acids is 1. The third kappa shape index (κ3) is 8.48. The average Bonchev–Trinajstić information content (AvgIpc) is 2.21. The summed E-state index contributed by atoms with van der Waals surface area (Å²) >= 11 is 0. The summed E-state index contributed by atoms with van der Waals surface area (Å²) in [5.74, 6) is -1.66. The van der Waals surface area contributed by atoms with Crippen LogP contribution in [0, 0.1) is 0 Å². The van der Waals surface area contributed by atoms with Crippen LogP contribution in [-0.2, 0) is 14.4 Å². The van der Waals surface area contributed by atoms with Gasteiger partial charge < -0.3 is 15.7 Å². The largest absolute Gasteiger partial charge is 0.481 e. The number of aliphatic carboxylic acids is 1. The SMILES string of the molecule is C=CC(=O)NCCNC(=O)CCC(=O)O. The molecule has 6 nitrogen and oxygen atoms in total. The van der Waals surface area contributed by atoms with Gasteiger partial charge in [-0.05, 0) is 6.08 Å². The van der Waals surface area contributed by atoms with Gasteiger partial charge in [-0.2, -0.15) is 0 Å². The number of amides is 2. The van der Waals surface area contributed by atoms with Gasteiger partial charge in [0.15, 0.2) is 0 Å². The average molecular weight is 214 g/mol. The summed E-state index contributed by atoms with van der Waals surface area (Å²) in [6.45, 7) is 3.83. The maximum Gasteiger partial charge on any atom is 0.303 e. The molecule has 0 bridgehead atoms. The number of carbonyl (C=O) groups excluding carboxylic acids is 2. The number of hydrogen-bond donors (Lipinski definition) is 3. The van der Waals surface area contributed by atoms with Gasteiger partial charge in [0.2, 0.25) is 11.8 Å². The van der Waals surface area contributed by atoms with Crippen LogP contribution in [0.3, 0.4) is 0 Å². The molecule has 0 saturated carbocycles. The van der Waals surface area contributed by atoms with Crippen LogP contribution in [0.1, 0.15) is 12.8 Å². The Morgan fingerprint density at radius 3 is 2.27 bits per heavy atom. The van der Waals surface area contributed by atoms with Gasteiger partial charge in [-0.3, -0.25) is 14.4 Å². The lowest BCUT2D eigenvalue weighted by molar-refractivity contribution is -0.138. The van der Waals surface area contributed by atoms with E-state index in [4.69, 9.17) is 5.11 Å². The van der Waals surface area contributed by atoms with E-state index in [0.29, 0.717) is 6.54 Å². The number of hydrogen-bond acceptors (Lipinski definition) is 3. The highest BCUT2D eigenvalue weighted by molar-refractivity contribution is 5.86. The smallest absolute Gasteiger partial charge is 0.303 e. The van der Waals surface area contributed by atoms with Crippen molar-refractivity contribution >= 4 is 17.8 Å². The molecule has 0 aliphatic rings. The van der Waals surface area contributed by atoms with Crippen LogP contribution in [0.5, 0.6) is 0 Å². The fourth-order valence-electron chi connectivity index (χ4n) is 0.769. The molecular weight excluding hydrogens is 200 g/mol. The zero-order valence-corrected chi connectivity index (χ0v) is 8.28. The van der Waals surface area contributed by atoms with E-state index >= 15 is 0 Å². The number of carbonyl (C=O) groups is 3. The highest BCUT2D eigenvalue weighted by Crippen LogP contribution is 1.87. The van der Waals surface area contributed by atoms with E-state index in [1.807, 2.05) is 0 Å². The molecule has 0 aromatic carbocycles. The predicted octanol–water partition coefficient (Wildman–Crippen LogP) is -0.730. The highest BCUT2D eigenvalue weighted by atomic mass is 16.4. The van der Waals surface area contributed by atoms with Gasteiger partial charge in [-0.1, -0.05) is 6.58 Å². The van der Waals surface area contributed by atoms with Crippen molar-refractivity contribution in [3.05, 3.63) is 12.7 Å². The first-order chi connectivity index (χ1) is 7.06. The van der Waals surface area contributed by atoms with Crippen LogP contribution in [0.2, 0.25) is 0 Å². The van der Waals surface area contributed by atoms with Gasteiger partial charge in [-0.25, -0.2) is 0 Å². The normalized spacial score (nSPS) is 9.07. The minimum atomic E-state index is -1.01. The first kappa shape index (κ1) is 13.2. The van der Waals surface area contributed by atoms with Gasteiger partial charge in [-0.15, -0.1) is 0 Å². The van der Waals surface area contributed by atoms with Crippen LogP contribution in [0.25, 0.3) is 0 Å². The monoisotopic (exact) mass is 214 g/mol. The van der Waals surface area contributed by atoms with Crippen molar-refractivity contribution in [2.75, 3.05) is 13.1 Å². The summed E-state index contributed by atoms with van der Waals surface area (Å²) in [6, 6.07) is 0. The van der Waals surface area contributed by atoms with Crippen molar-refractivity contribution in [3.8, 4) is 0 Å². The predicted molar refractivity (Wildman–Crippen MR) is 53.1 cm³/mol. The van der Waals surface area contributed by atoms with Crippen molar-refractivity contribution in [3.63, 3.8) is 0 Å². The Bertz CT molecular complexity index is 263. The molecule has 0 aliphatic carbocycles. The molecule has 2 amide bonds. The zero-order valence-electron chi connectivity index (χ0n) is 8.28. The van der Waals surface area contributed by atoms with Gasteiger partial charge >= 0.3 is 5.97 Å². The van der Waals surface area contributed by atoms with Crippen molar-refractivity contribution in [2.45, 2.75) is 12.8 Å². The van der Waals surface area contributed by atoms with Crippen LogP contribution >= 0.6 is 0 Å². The molecule has 0 rings (SSSR count). The number of carboxylic acid groups (broad SMARTS) is 1. The molecule has 0 aromatic heterocycles. The van der Waals surface area contributed by atoms with E-state index in [9.17, 15) is 14.4 Å². The molecule has 0 aromatic rings. The van der Waals surface area contributed by atoms with Crippen LogP contribution in [0.4, 0.5) is 0 Å². The topological polar surface area (TPSA) is 95.5 Å². The van der Waals surface area contributed by atoms with Crippen molar-refractivity contribution in [2.24, 2.45) is 0 Å². The van der Waals surface area contributed by atoms with E-state index in [0.717, 1.165) is 6.08 Å². The minimum Gasteiger partial charge on any atom is -0.481 e. The molecule has 0 fully saturated rings. The third-order valence-corrected chi connectivity index (χ3v) is 1.50. The Labute approximate surface area is 87.3 Å². The molecule has 3 N–H and O–H groups in total. The standard InChI is InChI=1S/C9H14N2O4/c1-2-7(12)10-5-6-11-8(13)3-4-9(14)15/h2H,1,3-6H2,(H,10,12)(H,11,13)(H,14,15). The van der Waals surface area contributed by atoms with Gasteiger partial charge in [0.25, 0.3) is 0 Å². The molecular formula is C9H14N2O4. The molecule has 0 atom stereocenters. The Hall–Kier alpha value is -1.85. The lowest BCUT2D eigenvalue weighted by Gasteiger charge is -2.04. The Balaban J connectivity index is 3.43. The van der Waals surface area contributed by atoms with E-state index in [-0.39, 0.29) is 31.2 Å². The summed E-state index contributed by atoms with van der Waals surface area (Å²) in [6.07, 6.45) is 0.891. The first-order valence-corrected chi connectivity index (χ1v) is 4.45. The van der Waals surface area contributed by atoms with Gasteiger partial charge in [0.05, 0.1) is 6.42 Å². The molecule has 15 heavy (non-hydrogen) atoms. The van der Waals surface area contributed by atoms with Crippen LogP contribution < -0.4 is 10.6 Å². The fraction of sp³-hybridized carbons (Fsp3) is 0.444. The second kappa shape index (κ2) is 7.54. The summed E-state index contributed by atoms with van der Waals surface area (Å²) in [4.78, 5) is 31.7. The molecule has 0 spiro atoms. The maximum absolute atomic E-state index is 11.0.